The van der Waals surface area contributed by atoms with Gasteiger partial charge in [0.25, 0.3) is 0 Å². The maximum atomic E-state index is 11.7. The summed E-state index contributed by atoms with van der Waals surface area (Å²) in [6.45, 7) is -0.0442. The molecule has 1 aromatic carbocycles. The lowest BCUT2D eigenvalue weighted by Gasteiger charge is -2.26. The van der Waals surface area contributed by atoms with Gasteiger partial charge in [-0.25, -0.2) is 0 Å². The number of hydrogen-bond donors (Lipinski definition) is 1. The van der Waals surface area contributed by atoms with Crippen LogP contribution in [0.5, 0.6) is 0 Å². The highest BCUT2D eigenvalue weighted by Gasteiger charge is 2.29. The van der Waals surface area contributed by atoms with Crippen LogP contribution in [0.4, 0.5) is 0 Å². The van der Waals surface area contributed by atoms with E-state index < -0.39 is 6.10 Å². The Bertz CT molecular complexity index is 612. The second kappa shape index (κ2) is 5.09. The minimum absolute atomic E-state index is 0.0442. The van der Waals surface area contributed by atoms with E-state index in [0.29, 0.717) is 30.6 Å². The molecule has 1 unspecified atom stereocenters. The Balaban J connectivity index is 1.79. The van der Waals surface area contributed by atoms with E-state index in [4.69, 9.17) is 4.42 Å². The van der Waals surface area contributed by atoms with E-state index >= 15 is 0 Å². The molecule has 1 fully saturated rings. The number of β-amino-alcohol motifs (C(OH)–C–C–N with tert-alkyl or cyclic N) is 1. The highest BCUT2D eigenvalue weighted by Crippen LogP contribution is 2.25. The van der Waals surface area contributed by atoms with Crippen molar-refractivity contribution < 1.29 is 19.1 Å². The van der Waals surface area contributed by atoms with Crippen molar-refractivity contribution in [2.24, 2.45) is 0 Å². The molecule has 5 heteroatoms. The summed E-state index contributed by atoms with van der Waals surface area (Å²) in [5.74, 6) is -0.0785. The number of aliphatic hydroxyl groups is 1. The fourth-order valence-electron chi connectivity index (χ4n) is 2.43. The van der Waals surface area contributed by atoms with Gasteiger partial charge in [0.15, 0.2) is 0 Å². The van der Waals surface area contributed by atoms with Gasteiger partial charge >= 0.3 is 0 Å². The van der Waals surface area contributed by atoms with Crippen molar-refractivity contribution in [3.05, 3.63) is 36.1 Å². The fourth-order valence-corrected chi connectivity index (χ4v) is 2.43. The minimum atomic E-state index is -0.992. The summed E-state index contributed by atoms with van der Waals surface area (Å²) in [4.78, 5) is 24.5. The van der Waals surface area contributed by atoms with Crippen molar-refractivity contribution in [1.82, 2.24) is 4.90 Å². The summed E-state index contributed by atoms with van der Waals surface area (Å²) in [6.07, 6.45) is 0.319. The molecule has 2 amide bonds. The lowest BCUT2D eigenvalue weighted by atomic mass is 10.1. The number of imide groups is 1. The summed E-state index contributed by atoms with van der Waals surface area (Å²) >= 11 is 0. The van der Waals surface area contributed by atoms with Crippen LogP contribution < -0.4 is 0 Å². The van der Waals surface area contributed by atoms with Crippen molar-refractivity contribution in [1.29, 1.82) is 0 Å². The number of piperidine rings is 1. The van der Waals surface area contributed by atoms with Gasteiger partial charge in [-0.3, -0.25) is 14.5 Å². The van der Waals surface area contributed by atoms with Gasteiger partial charge in [-0.05, 0) is 18.6 Å². The largest absolute Gasteiger partial charge is 0.458 e. The van der Waals surface area contributed by atoms with Crippen LogP contribution in [0.2, 0.25) is 0 Å². The first kappa shape index (κ1) is 12.9. The SMILES string of the molecule is O=C1CCCC(=O)N1CC(O)c1cc2ccccc2o1. The third-order valence-corrected chi connectivity index (χ3v) is 3.51. The number of carbonyl (C=O) groups is 2. The van der Waals surface area contributed by atoms with Gasteiger partial charge in [0.05, 0.1) is 6.54 Å². The van der Waals surface area contributed by atoms with Crippen LogP contribution in [0.1, 0.15) is 31.1 Å². The molecule has 1 aliphatic rings. The van der Waals surface area contributed by atoms with Gasteiger partial charge in [-0.1, -0.05) is 18.2 Å². The van der Waals surface area contributed by atoms with Crippen molar-refractivity contribution in [3.63, 3.8) is 0 Å². The summed E-state index contributed by atoms with van der Waals surface area (Å²) in [7, 11) is 0. The lowest BCUT2D eigenvalue weighted by molar-refractivity contribution is -0.149. The summed E-state index contributed by atoms with van der Waals surface area (Å²) in [6, 6.07) is 9.15. The second-order valence-corrected chi connectivity index (χ2v) is 4.95. The van der Waals surface area contributed by atoms with Crippen LogP contribution >= 0.6 is 0 Å². The molecule has 0 aliphatic carbocycles. The zero-order chi connectivity index (χ0) is 14.1. The van der Waals surface area contributed by atoms with Crippen molar-refractivity contribution in [3.8, 4) is 0 Å². The average molecular weight is 273 g/mol. The molecule has 5 nitrogen and oxygen atoms in total. The number of para-hydroxylation sites is 1. The molecule has 0 spiro atoms. The first-order valence-electron chi connectivity index (χ1n) is 6.65. The maximum absolute atomic E-state index is 11.7. The quantitative estimate of drug-likeness (QED) is 0.868. The van der Waals surface area contributed by atoms with E-state index in [0.717, 1.165) is 10.3 Å². The summed E-state index contributed by atoms with van der Waals surface area (Å²) in [5.41, 5.74) is 0.679. The molecule has 0 bridgehead atoms. The van der Waals surface area contributed by atoms with E-state index in [1.165, 1.54) is 0 Å². The molecular formula is C15H15NO4. The zero-order valence-corrected chi connectivity index (χ0v) is 10.9. The molecule has 2 aromatic rings. The first-order valence-corrected chi connectivity index (χ1v) is 6.65. The van der Waals surface area contributed by atoms with E-state index in [1.807, 2.05) is 24.3 Å². The standard InChI is InChI=1S/C15H15NO4/c17-11(9-16-14(18)6-3-7-15(16)19)13-8-10-4-1-2-5-12(10)20-13/h1-2,4-5,8,11,17H,3,6-7,9H2. The van der Waals surface area contributed by atoms with Gasteiger partial charge in [0.2, 0.25) is 11.8 Å². The Hall–Kier alpha value is -2.14. The second-order valence-electron chi connectivity index (χ2n) is 4.95. The Morgan fingerprint density at radius 3 is 2.60 bits per heavy atom. The lowest BCUT2D eigenvalue weighted by Crippen LogP contribution is -2.42. The number of aliphatic hydroxyl groups excluding tert-OH is 1. The number of amides is 2. The zero-order valence-electron chi connectivity index (χ0n) is 10.9. The molecule has 1 aromatic heterocycles. The third-order valence-electron chi connectivity index (χ3n) is 3.51. The van der Waals surface area contributed by atoms with Crippen LogP contribution in [-0.2, 0) is 9.59 Å². The summed E-state index contributed by atoms with van der Waals surface area (Å²) in [5, 5.41) is 11.1. The number of likely N-dealkylation sites (tertiary alicyclic amines) is 1. The number of carbonyl (C=O) groups excluding carboxylic acids is 2. The Morgan fingerprint density at radius 1 is 1.20 bits per heavy atom. The Morgan fingerprint density at radius 2 is 1.90 bits per heavy atom. The molecule has 0 radical (unpaired) electrons. The van der Waals surface area contributed by atoms with E-state index in [1.54, 1.807) is 6.07 Å². The maximum Gasteiger partial charge on any atom is 0.229 e. The van der Waals surface area contributed by atoms with Gasteiger partial charge in [-0.2, -0.15) is 0 Å². The van der Waals surface area contributed by atoms with Gasteiger partial charge in [0, 0.05) is 18.2 Å². The van der Waals surface area contributed by atoms with E-state index in [9.17, 15) is 14.7 Å². The smallest absolute Gasteiger partial charge is 0.229 e. The number of fused-ring (bicyclic) bond motifs is 1. The van der Waals surface area contributed by atoms with Crippen molar-refractivity contribution in [2.75, 3.05) is 6.54 Å². The molecule has 0 saturated carbocycles. The average Bonchev–Trinajstić information content (AvgIpc) is 2.87. The normalized spacial score (nSPS) is 17.8. The predicted molar refractivity (Wildman–Crippen MR) is 71.7 cm³/mol. The first-order chi connectivity index (χ1) is 9.65. The third kappa shape index (κ3) is 2.32. The van der Waals surface area contributed by atoms with Crippen LogP contribution in [0, 0.1) is 0 Å². The van der Waals surface area contributed by atoms with E-state index in [-0.39, 0.29) is 18.4 Å². The number of benzene rings is 1. The van der Waals surface area contributed by atoms with Crippen molar-refractivity contribution in [2.45, 2.75) is 25.4 Å². The number of nitrogens with zero attached hydrogens (tertiary/aromatic N) is 1. The van der Waals surface area contributed by atoms with Crippen molar-refractivity contribution >= 4 is 22.8 Å². The molecule has 104 valence electrons. The highest BCUT2D eigenvalue weighted by molar-refractivity contribution is 5.97. The molecule has 1 atom stereocenters. The van der Waals surface area contributed by atoms with Crippen LogP contribution in [-0.4, -0.2) is 28.4 Å². The molecule has 2 heterocycles. The van der Waals surface area contributed by atoms with Gasteiger partial charge in [0.1, 0.15) is 17.4 Å². The Labute approximate surface area is 115 Å². The monoisotopic (exact) mass is 273 g/mol. The number of rotatable bonds is 3. The number of hydrogen-bond acceptors (Lipinski definition) is 4. The topological polar surface area (TPSA) is 70.8 Å². The summed E-state index contributed by atoms with van der Waals surface area (Å²) < 4.78 is 5.54. The predicted octanol–water partition coefficient (Wildman–Crippen LogP) is 2.01. The minimum Gasteiger partial charge on any atom is -0.458 e. The van der Waals surface area contributed by atoms with Crippen LogP contribution in [0.25, 0.3) is 11.0 Å². The molecule has 1 aliphatic heterocycles. The van der Waals surface area contributed by atoms with Crippen LogP contribution in [0.15, 0.2) is 34.7 Å². The molecule has 1 saturated heterocycles. The van der Waals surface area contributed by atoms with Gasteiger partial charge < -0.3 is 9.52 Å². The molecule has 1 N–H and O–H groups in total. The highest BCUT2D eigenvalue weighted by atomic mass is 16.4. The number of furan rings is 1. The van der Waals surface area contributed by atoms with Crippen LogP contribution in [0.3, 0.4) is 0 Å². The van der Waals surface area contributed by atoms with E-state index in [2.05, 4.69) is 0 Å². The Kier molecular flexibility index (Phi) is 3.28. The molecular weight excluding hydrogens is 258 g/mol. The molecule has 3 rings (SSSR count). The fraction of sp³-hybridized carbons (Fsp3) is 0.333. The molecule has 20 heavy (non-hydrogen) atoms. The van der Waals surface area contributed by atoms with Gasteiger partial charge in [-0.15, -0.1) is 0 Å².